The van der Waals surface area contributed by atoms with Gasteiger partial charge in [-0.05, 0) is 30.9 Å². The van der Waals surface area contributed by atoms with Crippen LogP contribution < -0.4 is 0 Å². The molecule has 0 radical (unpaired) electrons. The molecule has 0 saturated carbocycles. The van der Waals surface area contributed by atoms with Gasteiger partial charge in [0.2, 0.25) is 0 Å². The van der Waals surface area contributed by atoms with Crippen molar-refractivity contribution in [2.45, 2.75) is 110 Å². The Hall–Kier alpha value is -1.84. The molecule has 1 rings (SSSR count). The van der Waals surface area contributed by atoms with Crippen LogP contribution in [0.5, 0.6) is 0 Å². The van der Waals surface area contributed by atoms with Gasteiger partial charge in [-0.15, -0.1) is 0 Å². The van der Waals surface area contributed by atoms with E-state index in [1.807, 2.05) is 31.2 Å². The van der Waals surface area contributed by atoms with E-state index in [0.717, 1.165) is 24.0 Å². The molecule has 0 aliphatic heterocycles. The lowest BCUT2D eigenvalue weighted by atomic mass is 10.1. The first-order chi connectivity index (χ1) is 14.6. The second-order valence-electron chi connectivity index (χ2n) is 8.20. The number of benzene rings is 1. The third kappa shape index (κ3) is 14.2. The predicted molar refractivity (Wildman–Crippen MR) is 122 cm³/mol. The monoisotopic (exact) mass is 418 g/mol. The van der Waals surface area contributed by atoms with E-state index < -0.39 is 0 Å². The van der Waals surface area contributed by atoms with Gasteiger partial charge >= 0.3 is 11.9 Å². The summed E-state index contributed by atoms with van der Waals surface area (Å²) in [6.45, 7) is 5.03. The largest absolute Gasteiger partial charge is 0.466 e. The normalized spacial score (nSPS) is 10.7. The molecule has 4 nitrogen and oxygen atoms in total. The van der Waals surface area contributed by atoms with Crippen molar-refractivity contribution in [2.75, 3.05) is 6.61 Å². The molecule has 0 aliphatic carbocycles. The first kappa shape index (κ1) is 26.2. The third-order valence-corrected chi connectivity index (χ3v) is 5.42. The molecule has 0 aliphatic rings. The Morgan fingerprint density at radius 2 is 1.23 bits per heavy atom. The summed E-state index contributed by atoms with van der Waals surface area (Å²) in [5.41, 5.74) is 2.12. The molecule has 0 heterocycles. The van der Waals surface area contributed by atoms with Gasteiger partial charge in [0, 0.05) is 12.8 Å². The van der Waals surface area contributed by atoms with E-state index in [4.69, 9.17) is 9.47 Å². The minimum Gasteiger partial charge on any atom is -0.466 e. The topological polar surface area (TPSA) is 52.6 Å². The minimum atomic E-state index is -0.267. The summed E-state index contributed by atoms with van der Waals surface area (Å²) in [5, 5.41) is 0. The number of hydrogen-bond donors (Lipinski definition) is 0. The van der Waals surface area contributed by atoms with Crippen LogP contribution in [0, 0.1) is 6.92 Å². The van der Waals surface area contributed by atoms with E-state index in [-0.39, 0.29) is 31.4 Å². The van der Waals surface area contributed by atoms with Crippen LogP contribution in [0.25, 0.3) is 0 Å². The highest BCUT2D eigenvalue weighted by molar-refractivity contribution is 5.72. The second-order valence-corrected chi connectivity index (χ2v) is 8.20. The summed E-state index contributed by atoms with van der Waals surface area (Å²) >= 11 is 0. The molecule has 0 amide bonds. The Balaban J connectivity index is 1.89. The molecular formula is C26H42O4. The van der Waals surface area contributed by atoms with E-state index in [1.54, 1.807) is 0 Å². The number of rotatable bonds is 18. The van der Waals surface area contributed by atoms with Gasteiger partial charge in [0.05, 0.1) is 6.61 Å². The predicted octanol–water partition coefficient (Wildman–Crippen LogP) is 7.06. The Labute approximate surface area is 183 Å². The fourth-order valence-corrected chi connectivity index (χ4v) is 3.40. The van der Waals surface area contributed by atoms with Crippen LogP contribution in [0.3, 0.4) is 0 Å². The van der Waals surface area contributed by atoms with Crippen molar-refractivity contribution in [2.24, 2.45) is 0 Å². The number of aryl methyl sites for hydroxylation is 1. The molecule has 0 saturated heterocycles. The standard InChI is InChI=1S/C26H42O4/c1-3-4-5-6-7-8-9-10-11-12-15-21-29-25(27)19-16-20-26(28)30-22-24-18-14-13-17-23(24)2/h13-14,17-18H,3-12,15-16,19-22H2,1-2H3. The lowest BCUT2D eigenvalue weighted by Crippen LogP contribution is -2.09. The first-order valence-electron chi connectivity index (χ1n) is 12.0. The zero-order valence-corrected chi connectivity index (χ0v) is 19.3. The van der Waals surface area contributed by atoms with Crippen LogP contribution in [0.15, 0.2) is 24.3 Å². The molecule has 1 aromatic carbocycles. The highest BCUT2D eigenvalue weighted by Crippen LogP contribution is 2.12. The van der Waals surface area contributed by atoms with Crippen LogP contribution in [0.2, 0.25) is 0 Å². The summed E-state index contributed by atoms with van der Waals surface area (Å²) in [6.07, 6.45) is 15.1. The van der Waals surface area contributed by atoms with Gasteiger partial charge in [0.1, 0.15) is 6.61 Å². The SMILES string of the molecule is CCCCCCCCCCCCCOC(=O)CCCC(=O)OCc1ccccc1C. The zero-order valence-electron chi connectivity index (χ0n) is 19.3. The highest BCUT2D eigenvalue weighted by Gasteiger charge is 2.08. The number of unbranched alkanes of at least 4 members (excludes halogenated alkanes) is 10. The van der Waals surface area contributed by atoms with Gasteiger partial charge in [0.15, 0.2) is 0 Å². The first-order valence-corrected chi connectivity index (χ1v) is 12.0. The van der Waals surface area contributed by atoms with Crippen LogP contribution in [-0.4, -0.2) is 18.5 Å². The summed E-state index contributed by atoms with van der Waals surface area (Å²) in [4.78, 5) is 23.6. The fourth-order valence-electron chi connectivity index (χ4n) is 3.40. The molecule has 30 heavy (non-hydrogen) atoms. The molecule has 170 valence electrons. The highest BCUT2D eigenvalue weighted by atomic mass is 16.5. The molecule has 1 aromatic rings. The number of esters is 2. The van der Waals surface area contributed by atoms with Crippen molar-refractivity contribution >= 4 is 11.9 Å². The van der Waals surface area contributed by atoms with E-state index in [9.17, 15) is 9.59 Å². The smallest absolute Gasteiger partial charge is 0.306 e. The summed E-state index contributed by atoms with van der Waals surface area (Å²) in [7, 11) is 0. The summed E-state index contributed by atoms with van der Waals surface area (Å²) in [6, 6.07) is 7.84. The number of hydrogen-bond acceptors (Lipinski definition) is 4. The molecule has 0 bridgehead atoms. The average molecular weight is 419 g/mol. The minimum absolute atomic E-state index is 0.214. The number of ether oxygens (including phenoxy) is 2. The van der Waals surface area contributed by atoms with Gasteiger partial charge in [-0.2, -0.15) is 0 Å². The van der Waals surface area contributed by atoms with Crippen molar-refractivity contribution in [3.8, 4) is 0 Å². The third-order valence-electron chi connectivity index (χ3n) is 5.42. The van der Waals surface area contributed by atoms with Crippen molar-refractivity contribution < 1.29 is 19.1 Å². The second kappa shape index (κ2) is 18.0. The van der Waals surface area contributed by atoms with E-state index in [1.165, 1.54) is 57.8 Å². The molecule has 0 aromatic heterocycles. The molecule has 0 unspecified atom stereocenters. The average Bonchev–Trinajstić information content (AvgIpc) is 2.74. The van der Waals surface area contributed by atoms with Gasteiger partial charge in [0.25, 0.3) is 0 Å². The Kier molecular flexibility index (Phi) is 15.7. The van der Waals surface area contributed by atoms with Crippen LogP contribution >= 0.6 is 0 Å². The molecular weight excluding hydrogens is 376 g/mol. The molecule has 4 heteroatoms. The van der Waals surface area contributed by atoms with Crippen molar-refractivity contribution in [3.05, 3.63) is 35.4 Å². The van der Waals surface area contributed by atoms with Gasteiger partial charge in [-0.25, -0.2) is 0 Å². The van der Waals surface area contributed by atoms with Crippen LogP contribution in [0.1, 0.15) is 108 Å². The van der Waals surface area contributed by atoms with E-state index in [2.05, 4.69) is 6.92 Å². The molecule has 0 spiro atoms. The van der Waals surface area contributed by atoms with Crippen LogP contribution in [0.4, 0.5) is 0 Å². The lowest BCUT2D eigenvalue weighted by molar-refractivity contribution is -0.146. The quantitative estimate of drug-likeness (QED) is 0.189. The van der Waals surface area contributed by atoms with E-state index >= 15 is 0 Å². The Morgan fingerprint density at radius 1 is 0.700 bits per heavy atom. The number of carbonyl (C=O) groups excluding carboxylic acids is 2. The maximum absolute atomic E-state index is 11.8. The summed E-state index contributed by atoms with van der Waals surface area (Å²) in [5.74, 6) is -0.481. The maximum Gasteiger partial charge on any atom is 0.306 e. The van der Waals surface area contributed by atoms with Crippen LogP contribution in [-0.2, 0) is 25.7 Å². The fraction of sp³-hybridized carbons (Fsp3) is 0.692. The lowest BCUT2D eigenvalue weighted by Gasteiger charge is -2.07. The Morgan fingerprint density at radius 3 is 1.83 bits per heavy atom. The van der Waals surface area contributed by atoms with Crippen molar-refractivity contribution in [1.82, 2.24) is 0 Å². The molecule has 0 atom stereocenters. The Bertz CT molecular complexity index is 582. The molecule has 0 N–H and O–H groups in total. The van der Waals surface area contributed by atoms with Crippen molar-refractivity contribution in [3.63, 3.8) is 0 Å². The number of carbonyl (C=O) groups is 2. The van der Waals surface area contributed by atoms with Gasteiger partial charge in [-0.3, -0.25) is 9.59 Å². The zero-order chi connectivity index (χ0) is 21.9. The maximum atomic E-state index is 11.8. The molecule has 0 fully saturated rings. The van der Waals surface area contributed by atoms with E-state index in [0.29, 0.717) is 13.0 Å². The van der Waals surface area contributed by atoms with Gasteiger partial charge in [-0.1, -0.05) is 95.4 Å². The van der Waals surface area contributed by atoms with Crippen molar-refractivity contribution in [1.29, 1.82) is 0 Å². The van der Waals surface area contributed by atoms with Gasteiger partial charge < -0.3 is 9.47 Å². The summed E-state index contributed by atoms with van der Waals surface area (Å²) < 4.78 is 10.5.